The van der Waals surface area contributed by atoms with Crippen molar-refractivity contribution < 1.29 is 13.6 Å². The van der Waals surface area contributed by atoms with Gasteiger partial charge in [0, 0.05) is 11.6 Å². The van der Waals surface area contributed by atoms with Crippen LogP contribution >= 0.6 is 0 Å². The minimum absolute atomic E-state index is 0.0466. The molecule has 1 amide bonds. The number of halogens is 2. The van der Waals surface area contributed by atoms with E-state index in [0.717, 1.165) is 31.4 Å². The Balaban J connectivity index is 2.63. The van der Waals surface area contributed by atoms with Gasteiger partial charge in [-0.3, -0.25) is 10.6 Å². The molecule has 4 N–H and O–H groups in total. The first kappa shape index (κ1) is 17.4. The summed E-state index contributed by atoms with van der Waals surface area (Å²) in [6.45, 7) is 6.16. The highest BCUT2D eigenvalue weighted by molar-refractivity contribution is 5.94. The molecule has 1 aromatic rings. The molecule has 6 heteroatoms. The van der Waals surface area contributed by atoms with E-state index in [1.165, 1.54) is 0 Å². The van der Waals surface area contributed by atoms with Crippen LogP contribution in [0.25, 0.3) is 0 Å². The number of hydrogen-bond acceptors (Lipinski definition) is 3. The molecule has 118 valence electrons. The molecule has 0 radical (unpaired) electrons. The molecule has 0 fully saturated rings. The van der Waals surface area contributed by atoms with E-state index in [1.54, 1.807) is 0 Å². The Morgan fingerprint density at radius 1 is 1.19 bits per heavy atom. The number of hydrazine groups is 1. The molecule has 0 bridgehead atoms. The van der Waals surface area contributed by atoms with Gasteiger partial charge in [-0.1, -0.05) is 26.7 Å². The largest absolute Gasteiger partial charge is 0.350 e. The van der Waals surface area contributed by atoms with Gasteiger partial charge in [0.15, 0.2) is 11.6 Å². The first-order valence-corrected chi connectivity index (χ1v) is 7.11. The Morgan fingerprint density at radius 3 is 2.24 bits per heavy atom. The summed E-state index contributed by atoms with van der Waals surface area (Å²) in [6, 6.07) is 1.89. The second-order valence-electron chi connectivity index (χ2n) is 5.66. The van der Waals surface area contributed by atoms with Crippen molar-refractivity contribution in [2.24, 2.45) is 11.8 Å². The van der Waals surface area contributed by atoms with Gasteiger partial charge in [-0.2, -0.15) is 0 Å². The molecule has 1 rings (SSSR count). The van der Waals surface area contributed by atoms with E-state index < -0.39 is 23.2 Å². The highest BCUT2D eigenvalue weighted by Gasteiger charge is 2.16. The molecule has 1 atom stereocenters. The first-order chi connectivity index (χ1) is 9.85. The highest BCUT2D eigenvalue weighted by Crippen LogP contribution is 2.19. The van der Waals surface area contributed by atoms with Gasteiger partial charge >= 0.3 is 0 Å². The van der Waals surface area contributed by atoms with E-state index >= 15 is 0 Å². The molecule has 21 heavy (non-hydrogen) atoms. The summed E-state index contributed by atoms with van der Waals surface area (Å²) in [5.41, 5.74) is 1.42. The van der Waals surface area contributed by atoms with Crippen molar-refractivity contribution in [2.45, 2.75) is 46.1 Å². The standard InChI is InChI=1S/C15H23F2N3O/c1-9(2)5-4-6-10(3)19-15(21)11-7-12(16)14(20-18)13(17)8-11/h7-10,20H,4-6,18H2,1-3H3,(H,19,21). The van der Waals surface area contributed by atoms with Gasteiger partial charge in [0.2, 0.25) is 0 Å². The zero-order chi connectivity index (χ0) is 16.0. The maximum atomic E-state index is 13.5. The number of benzene rings is 1. The lowest BCUT2D eigenvalue weighted by Gasteiger charge is -2.15. The predicted molar refractivity (Wildman–Crippen MR) is 79.8 cm³/mol. The van der Waals surface area contributed by atoms with Crippen molar-refractivity contribution in [3.05, 3.63) is 29.3 Å². The third-order valence-electron chi connectivity index (χ3n) is 3.24. The SMILES string of the molecule is CC(C)CCCC(C)NC(=O)c1cc(F)c(NN)c(F)c1. The lowest BCUT2D eigenvalue weighted by Crippen LogP contribution is -2.32. The number of carbonyl (C=O) groups excluding carboxylic acids is 1. The van der Waals surface area contributed by atoms with Crippen LogP contribution in [0.15, 0.2) is 12.1 Å². The lowest BCUT2D eigenvalue weighted by atomic mass is 10.0. The van der Waals surface area contributed by atoms with E-state index in [4.69, 9.17) is 5.84 Å². The summed E-state index contributed by atoms with van der Waals surface area (Å²) < 4.78 is 27.1. The van der Waals surface area contributed by atoms with Gasteiger partial charge in [0.05, 0.1) is 0 Å². The number of nitrogens with one attached hydrogen (secondary N) is 2. The Labute approximate surface area is 124 Å². The van der Waals surface area contributed by atoms with E-state index in [0.29, 0.717) is 5.92 Å². The Kier molecular flexibility index (Phi) is 6.55. The normalized spacial score (nSPS) is 12.3. The molecule has 4 nitrogen and oxygen atoms in total. The van der Waals surface area contributed by atoms with Crippen LogP contribution in [0.1, 0.15) is 50.4 Å². The van der Waals surface area contributed by atoms with Gasteiger partial charge in [0.1, 0.15) is 5.69 Å². The number of anilines is 1. The molecule has 0 aliphatic carbocycles. The van der Waals surface area contributed by atoms with Crippen molar-refractivity contribution in [1.82, 2.24) is 5.32 Å². The van der Waals surface area contributed by atoms with Crippen molar-refractivity contribution in [3.8, 4) is 0 Å². The van der Waals surface area contributed by atoms with E-state index in [9.17, 15) is 13.6 Å². The van der Waals surface area contributed by atoms with Crippen molar-refractivity contribution in [3.63, 3.8) is 0 Å². The number of nitrogen functional groups attached to an aromatic ring is 1. The van der Waals surface area contributed by atoms with E-state index in [-0.39, 0.29) is 11.6 Å². The summed E-state index contributed by atoms with van der Waals surface area (Å²) in [6.07, 6.45) is 2.91. The Morgan fingerprint density at radius 2 is 1.76 bits per heavy atom. The molecule has 0 aliphatic rings. The van der Waals surface area contributed by atoms with Gasteiger partial charge in [0.25, 0.3) is 5.91 Å². The second-order valence-corrected chi connectivity index (χ2v) is 5.66. The van der Waals surface area contributed by atoms with E-state index in [1.807, 2.05) is 12.3 Å². The van der Waals surface area contributed by atoms with Crippen LogP contribution in [0.2, 0.25) is 0 Å². The van der Waals surface area contributed by atoms with Crippen molar-refractivity contribution >= 4 is 11.6 Å². The van der Waals surface area contributed by atoms with Gasteiger partial charge < -0.3 is 10.7 Å². The molecular formula is C15H23F2N3O. The number of amides is 1. The van der Waals surface area contributed by atoms with Crippen LogP contribution in [0.5, 0.6) is 0 Å². The quantitative estimate of drug-likeness (QED) is 0.535. The summed E-state index contributed by atoms with van der Waals surface area (Å²) >= 11 is 0. The number of hydrogen-bond donors (Lipinski definition) is 3. The van der Waals surface area contributed by atoms with Crippen LogP contribution in [-0.4, -0.2) is 11.9 Å². The van der Waals surface area contributed by atoms with Crippen molar-refractivity contribution in [1.29, 1.82) is 0 Å². The zero-order valence-electron chi connectivity index (χ0n) is 12.7. The third kappa shape index (κ3) is 5.30. The third-order valence-corrected chi connectivity index (χ3v) is 3.24. The maximum Gasteiger partial charge on any atom is 0.251 e. The highest BCUT2D eigenvalue weighted by atomic mass is 19.1. The Hall–Kier alpha value is -1.69. The minimum Gasteiger partial charge on any atom is -0.350 e. The summed E-state index contributed by atoms with van der Waals surface area (Å²) in [5, 5.41) is 2.74. The Bertz CT molecular complexity index is 469. The molecule has 0 aliphatic heterocycles. The van der Waals surface area contributed by atoms with Crippen LogP contribution in [0.3, 0.4) is 0 Å². The topological polar surface area (TPSA) is 67.2 Å². The summed E-state index contributed by atoms with van der Waals surface area (Å²) in [7, 11) is 0. The minimum atomic E-state index is -0.893. The van der Waals surface area contributed by atoms with Crippen LogP contribution in [0.4, 0.5) is 14.5 Å². The maximum absolute atomic E-state index is 13.5. The van der Waals surface area contributed by atoms with E-state index in [2.05, 4.69) is 19.2 Å². The summed E-state index contributed by atoms with van der Waals surface area (Å²) in [5.74, 6) is 3.35. The second kappa shape index (κ2) is 7.93. The summed E-state index contributed by atoms with van der Waals surface area (Å²) in [4.78, 5) is 12.0. The monoisotopic (exact) mass is 299 g/mol. The fourth-order valence-corrected chi connectivity index (χ4v) is 2.05. The lowest BCUT2D eigenvalue weighted by molar-refractivity contribution is 0.0937. The van der Waals surface area contributed by atoms with Gasteiger partial charge in [-0.05, 0) is 31.4 Å². The molecule has 0 saturated heterocycles. The first-order valence-electron chi connectivity index (χ1n) is 7.11. The van der Waals surface area contributed by atoms with Crippen LogP contribution in [-0.2, 0) is 0 Å². The molecule has 0 heterocycles. The fourth-order valence-electron chi connectivity index (χ4n) is 2.05. The fraction of sp³-hybridized carbons (Fsp3) is 0.533. The van der Waals surface area contributed by atoms with Gasteiger partial charge in [-0.25, -0.2) is 8.78 Å². The smallest absolute Gasteiger partial charge is 0.251 e. The van der Waals surface area contributed by atoms with Gasteiger partial charge in [-0.15, -0.1) is 0 Å². The number of carbonyl (C=O) groups is 1. The van der Waals surface area contributed by atoms with Crippen LogP contribution in [0, 0.1) is 17.6 Å². The predicted octanol–water partition coefficient (Wildman–Crippen LogP) is 3.20. The number of nitrogens with two attached hydrogens (primary N) is 1. The molecule has 1 unspecified atom stereocenters. The molecule has 0 spiro atoms. The molecule has 0 saturated carbocycles. The average Bonchev–Trinajstić information content (AvgIpc) is 2.37. The van der Waals surface area contributed by atoms with Crippen LogP contribution < -0.4 is 16.6 Å². The molecular weight excluding hydrogens is 276 g/mol. The average molecular weight is 299 g/mol. The van der Waals surface area contributed by atoms with Crippen molar-refractivity contribution in [2.75, 3.05) is 5.43 Å². The molecule has 0 aromatic heterocycles. The molecule has 1 aromatic carbocycles. The zero-order valence-corrected chi connectivity index (χ0v) is 12.7. The number of rotatable bonds is 7.